The molecule has 1 aliphatic carbocycles. The van der Waals surface area contributed by atoms with Crippen LogP contribution in [0.25, 0.3) is 0 Å². The van der Waals surface area contributed by atoms with E-state index >= 15 is 0 Å². The third kappa shape index (κ3) is 3.36. The molecule has 0 radical (unpaired) electrons. The quantitative estimate of drug-likeness (QED) is 0.835. The van der Waals surface area contributed by atoms with Gasteiger partial charge in [-0.15, -0.1) is 0 Å². The number of carbonyl (C=O) groups is 1. The third-order valence-corrected chi connectivity index (χ3v) is 4.74. The average molecular weight is 344 g/mol. The molecule has 0 spiro atoms. The maximum absolute atomic E-state index is 13.8. The molecule has 0 bridgehead atoms. The Balaban J connectivity index is 1.45. The van der Waals surface area contributed by atoms with Gasteiger partial charge in [0.05, 0.1) is 11.4 Å². The first kappa shape index (κ1) is 16.1. The van der Waals surface area contributed by atoms with Crippen LogP contribution in [0.1, 0.15) is 37.4 Å². The Hall–Kier alpha value is -2.44. The molecule has 1 amide bonds. The smallest absolute Gasteiger partial charge is 0.227 e. The van der Waals surface area contributed by atoms with Crippen LogP contribution in [-0.2, 0) is 11.2 Å². The summed E-state index contributed by atoms with van der Waals surface area (Å²) < 4.78 is 18.8. The largest absolute Gasteiger partial charge is 0.365 e. The SMILES string of the molecule is Cc1noc(CCCC(=O)N2CCN(C3CC3)c3ccc(F)cc32)n1. The van der Waals surface area contributed by atoms with Crippen molar-refractivity contribution in [3.63, 3.8) is 0 Å². The van der Waals surface area contributed by atoms with Crippen LogP contribution in [0.5, 0.6) is 0 Å². The molecular weight excluding hydrogens is 323 g/mol. The van der Waals surface area contributed by atoms with Crippen LogP contribution < -0.4 is 9.80 Å². The number of hydrogen-bond donors (Lipinski definition) is 0. The molecular formula is C18H21FN4O2. The lowest BCUT2D eigenvalue weighted by Gasteiger charge is -2.38. The number of amides is 1. The van der Waals surface area contributed by atoms with Gasteiger partial charge in [0.15, 0.2) is 5.82 Å². The Labute approximate surface area is 145 Å². The third-order valence-electron chi connectivity index (χ3n) is 4.74. The molecule has 1 aliphatic heterocycles. The highest BCUT2D eigenvalue weighted by molar-refractivity contribution is 5.98. The number of benzene rings is 1. The van der Waals surface area contributed by atoms with E-state index in [9.17, 15) is 9.18 Å². The molecule has 25 heavy (non-hydrogen) atoms. The fourth-order valence-electron chi connectivity index (χ4n) is 3.40. The number of anilines is 2. The lowest BCUT2D eigenvalue weighted by molar-refractivity contribution is -0.118. The molecule has 0 unspecified atom stereocenters. The van der Waals surface area contributed by atoms with Crippen LogP contribution in [0.4, 0.5) is 15.8 Å². The number of aryl methyl sites for hydroxylation is 2. The summed E-state index contributed by atoms with van der Waals surface area (Å²) in [6.45, 7) is 3.17. The van der Waals surface area contributed by atoms with Gasteiger partial charge in [-0.2, -0.15) is 4.98 Å². The van der Waals surface area contributed by atoms with Crippen molar-refractivity contribution in [1.29, 1.82) is 0 Å². The summed E-state index contributed by atoms with van der Waals surface area (Å²) in [6.07, 6.45) is 3.93. The van der Waals surface area contributed by atoms with E-state index in [0.29, 0.717) is 49.3 Å². The van der Waals surface area contributed by atoms with E-state index < -0.39 is 0 Å². The average Bonchev–Trinajstić information content (AvgIpc) is 3.36. The first-order valence-electron chi connectivity index (χ1n) is 8.77. The second-order valence-corrected chi connectivity index (χ2v) is 6.69. The van der Waals surface area contributed by atoms with Gasteiger partial charge in [-0.05, 0) is 44.4 Å². The standard InChI is InChI=1S/C18H21FN4O2/c1-12-20-17(25-21-12)3-2-4-18(24)23-10-9-22(14-6-7-14)15-8-5-13(19)11-16(15)23/h5,8,11,14H,2-4,6-7,9-10H2,1H3. The van der Waals surface area contributed by atoms with Crippen molar-refractivity contribution in [2.75, 3.05) is 22.9 Å². The van der Waals surface area contributed by atoms with Gasteiger partial charge in [-0.1, -0.05) is 5.16 Å². The van der Waals surface area contributed by atoms with Gasteiger partial charge in [0.25, 0.3) is 0 Å². The molecule has 7 heteroatoms. The number of nitrogens with zero attached hydrogens (tertiary/aromatic N) is 4. The van der Waals surface area contributed by atoms with E-state index in [-0.39, 0.29) is 11.7 Å². The van der Waals surface area contributed by atoms with E-state index in [4.69, 9.17) is 4.52 Å². The Bertz CT molecular complexity index is 787. The molecule has 4 rings (SSSR count). The van der Waals surface area contributed by atoms with Gasteiger partial charge in [0, 0.05) is 32.0 Å². The minimum atomic E-state index is -0.310. The summed E-state index contributed by atoms with van der Waals surface area (Å²) in [7, 11) is 0. The maximum atomic E-state index is 13.8. The summed E-state index contributed by atoms with van der Waals surface area (Å²) in [5.41, 5.74) is 1.66. The summed E-state index contributed by atoms with van der Waals surface area (Å²) in [5, 5.41) is 3.75. The maximum Gasteiger partial charge on any atom is 0.227 e. The van der Waals surface area contributed by atoms with E-state index in [1.54, 1.807) is 17.9 Å². The molecule has 0 atom stereocenters. The molecule has 2 aliphatic rings. The second-order valence-electron chi connectivity index (χ2n) is 6.69. The summed E-state index contributed by atoms with van der Waals surface area (Å²) >= 11 is 0. The number of rotatable bonds is 5. The van der Waals surface area contributed by atoms with Gasteiger partial charge in [0.1, 0.15) is 5.82 Å². The van der Waals surface area contributed by atoms with Gasteiger partial charge in [-0.25, -0.2) is 4.39 Å². The second kappa shape index (κ2) is 6.46. The lowest BCUT2D eigenvalue weighted by atomic mass is 10.1. The van der Waals surface area contributed by atoms with Crippen molar-refractivity contribution in [3.05, 3.63) is 35.7 Å². The lowest BCUT2D eigenvalue weighted by Crippen LogP contribution is -2.45. The topological polar surface area (TPSA) is 62.5 Å². The van der Waals surface area contributed by atoms with E-state index in [1.807, 2.05) is 0 Å². The molecule has 2 aromatic rings. The molecule has 1 fully saturated rings. The van der Waals surface area contributed by atoms with Crippen molar-refractivity contribution >= 4 is 17.3 Å². The highest BCUT2D eigenvalue weighted by Crippen LogP contribution is 2.40. The molecule has 1 saturated carbocycles. The number of fused-ring (bicyclic) bond motifs is 1. The zero-order valence-electron chi connectivity index (χ0n) is 14.2. The summed E-state index contributed by atoms with van der Waals surface area (Å²) in [6, 6.07) is 5.29. The Kier molecular flexibility index (Phi) is 4.15. The van der Waals surface area contributed by atoms with E-state index in [0.717, 1.165) is 12.2 Å². The molecule has 1 aromatic heterocycles. The van der Waals surface area contributed by atoms with Crippen molar-refractivity contribution in [2.45, 2.75) is 45.1 Å². The first-order chi connectivity index (χ1) is 12.1. The van der Waals surface area contributed by atoms with Crippen LogP contribution >= 0.6 is 0 Å². The van der Waals surface area contributed by atoms with Crippen LogP contribution in [-0.4, -0.2) is 35.2 Å². The van der Waals surface area contributed by atoms with E-state index in [1.165, 1.54) is 25.0 Å². The Morgan fingerprint density at radius 3 is 2.88 bits per heavy atom. The highest BCUT2D eigenvalue weighted by Gasteiger charge is 2.35. The Morgan fingerprint density at radius 2 is 2.16 bits per heavy atom. The fourth-order valence-corrected chi connectivity index (χ4v) is 3.40. The normalized spacial score (nSPS) is 16.9. The van der Waals surface area contributed by atoms with Crippen molar-refractivity contribution in [2.24, 2.45) is 0 Å². The summed E-state index contributed by atoms with van der Waals surface area (Å²) in [4.78, 5) is 20.8. The van der Waals surface area contributed by atoms with Crippen LogP contribution in [0.15, 0.2) is 22.7 Å². The van der Waals surface area contributed by atoms with Crippen molar-refractivity contribution < 1.29 is 13.7 Å². The minimum Gasteiger partial charge on any atom is -0.365 e. The predicted octanol–water partition coefficient (Wildman–Crippen LogP) is 2.86. The summed E-state index contributed by atoms with van der Waals surface area (Å²) in [5.74, 6) is 0.853. The molecule has 132 valence electrons. The van der Waals surface area contributed by atoms with Gasteiger partial charge >= 0.3 is 0 Å². The Morgan fingerprint density at radius 1 is 1.32 bits per heavy atom. The van der Waals surface area contributed by atoms with Crippen LogP contribution in [0, 0.1) is 12.7 Å². The van der Waals surface area contributed by atoms with Crippen molar-refractivity contribution in [3.8, 4) is 0 Å². The molecule has 0 N–H and O–H groups in total. The van der Waals surface area contributed by atoms with Gasteiger partial charge in [-0.3, -0.25) is 4.79 Å². The predicted molar refractivity (Wildman–Crippen MR) is 91.1 cm³/mol. The minimum absolute atomic E-state index is 0.0125. The monoisotopic (exact) mass is 344 g/mol. The zero-order valence-corrected chi connectivity index (χ0v) is 14.2. The zero-order chi connectivity index (χ0) is 17.4. The molecule has 2 heterocycles. The number of aromatic nitrogens is 2. The van der Waals surface area contributed by atoms with Gasteiger partial charge < -0.3 is 14.3 Å². The number of halogens is 1. The van der Waals surface area contributed by atoms with Crippen LogP contribution in [0.2, 0.25) is 0 Å². The number of hydrogen-bond acceptors (Lipinski definition) is 5. The first-order valence-corrected chi connectivity index (χ1v) is 8.77. The van der Waals surface area contributed by atoms with Gasteiger partial charge in [0.2, 0.25) is 11.8 Å². The number of carbonyl (C=O) groups excluding carboxylic acids is 1. The highest BCUT2D eigenvalue weighted by atomic mass is 19.1. The van der Waals surface area contributed by atoms with Crippen LogP contribution in [0.3, 0.4) is 0 Å². The molecule has 0 saturated heterocycles. The fraction of sp³-hybridized carbons (Fsp3) is 0.500. The molecule has 6 nitrogen and oxygen atoms in total. The molecule has 1 aromatic carbocycles. The van der Waals surface area contributed by atoms with E-state index in [2.05, 4.69) is 15.0 Å². The van der Waals surface area contributed by atoms with Crippen molar-refractivity contribution in [1.82, 2.24) is 10.1 Å².